The summed E-state index contributed by atoms with van der Waals surface area (Å²) in [7, 11) is 1.99. The molecule has 2 aromatic heterocycles. The van der Waals surface area contributed by atoms with Crippen molar-refractivity contribution < 1.29 is 13.2 Å². The second-order valence-corrected chi connectivity index (χ2v) is 5.26. The van der Waals surface area contributed by atoms with Crippen molar-refractivity contribution in [1.82, 2.24) is 19.3 Å². The van der Waals surface area contributed by atoms with Gasteiger partial charge in [-0.15, -0.1) is 0 Å². The molecule has 0 radical (unpaired) electrons. The highest BCUT2D eigenvalue weighted by Crippen LogP contribution is 2.32. The molecule has 4 nitrogen and oxygen atoms in total. The molecule has 0 bridgehead atoms. The normalized spacial score (nSPS) is 21.5. The standard InChI is InChI=1S/C13H15F3N4/c1-19-5-2-3-9(8-19)10-7-11(13(14,15)16)18-12-17-4-6-20(10)12/h4,6-7,9H,2-3,5,8H2,1H3. The van der Waals surface area contributed by atoms with Crippen molar-refractivity contribution in [3.8, 4) is 0 Å². The van der Waals surface area contributed by atoms with Crippen LogP contribution in [0.4, 0.5) is 13.2 Å². The summed E-state index contributed by atoms with van der Waals surface area (Å²) in [5, 5.41) is 0. The van der Waals surface area contributed by atoms with Crippen LogP contribution in [0.25, 0.3) is 5.78 Å². The zero-order valence-electron chi connectivity index (χ0n) is 11.1. The number of aromatic nitrogens is 3. The van der Waals surface area contributed by atoms with Gasteiger partial charge in [0.15, 0.2) is 0 Å². The predicted molar refractivity (Wildman–Crippen MR) is 67.5 cm³/mol. The zero-order valence-corrected chi connectivity index (χ0v) is 11.1. The van der Waals surface area contributed by atoms with Gasteiger partial charge in [0.1, 0.15) is 5.69 Å². The Balaban J connectivity index is 2.10. The first-order valence-electron chi connectivity index (χ1n) is 6.55. The summed E-state index contributed by atoms with van der Waals surface area (Å²) in [5.41, 5.74) is -0.217. The van der Waals surface area contributed by atoms with Crippen LogP contribution in [-0.4, -0.2) is 39.4 Å². The van der Waals surface area contributed by atoms with Crippen LogP contribution in [0, 0.1) is 0 Å². The van der Waals surface area contributed by atoms with E-state index in [4.69, 9.17) is 0 Å². The highest BCUT2D eigenvalue weighted by atomic mass is 19.4. The van der Waals surface area contributed by atoms with E-state index in [1.54, 1.807) is 10.6 Å². The number of alkyl halides is 3. The van der Waals surface area contributed by atoms with E-state index in [2.05, 4.69) is 14.9 Å². The van der Waals surface area contributed by atoms with Crippen LogP contribution in [0.5, 0.6) is 0 Å². The van der Waals surface area contributed by atoms with Gasteiger partial charge >= 0.3 is 6.18 Å². The Morgan fingerprint density at radius 2 is 2.15 bits per heavy atom. The van der Waals surface area contributed by atoms with Gasteiger partial charge in [-0.2, -0.15) is 13.2 Å². The summed E-state index contributed by atoms with van der Waals surface area (Å²) in [5.74, 6) is 0.192. The largest absolute Gasteiger partial charge is 0.433 e. The van der Waals surface area contributed by atoms with E-state index in [0.717, 1.165) is 25.9 Å². The van der Waals surface area contributed by atoms with Crippen molar-refractivity contribution in [2.45, 2.75) is 24.9 Å². The summed E-state index contributed by atoms with van der Waals surface area (Å²) < 4.78 is 40.5. The Morgan fingerprint density at radius 3 is 2.85 bits per heavy atom. The number of rotatable bonds is 1. The van der Waals surface area contributed by atoms with Crippen LogP contribution >= 0.6 is 0 Å². The third kappa shape index (κ3) is 2.37. The zero-order chi connectivity index (χ0) is 14.3. The van der Waals surface area contributed by atoms with E-state index in [9.17, 15) is 13.2 Å². The summed E-state index contributed by atoms with van der Waals surface area (Å²) in [4.78, 5) is 9.64. The Bertz CT molecular complexity index is 620. The maximum Gasteiger partial charge on any atom is 0.433 e. The molecule has 0 spiro atoms. The number of likely N-dealkylation sites (tertiary alicyclic amines) is 1. The summed E-state index contributed by atoms with van der Waals surface area (Å²) in [6.07, 6.45) is 0.591. The Hall–Kier alpha value is -1.63. The lowest BCUT2D eigenvalue weighted by molar-refractivity contribution is -0.141. The van der Waals surface area contributed by atoms with Gasteiger partial charge in [-0.05, 0) is 32.5 Å². The number of likely N-dealkylation sites (N-methyl/N-ethyl adjacent to an activating group) is 1. The van der Waals surface area contributed by atoms with Gasteiger partial charge < -0.3 is 4.90 Å². The molecular weight excluding hydrogens is 269 g/mol. The van der Waals surface area contributed by atoms with Gasteiger partial charge in [-0.1, -0.05) is 0 Å². The maximum absolute atomic E-state index is 12.9. The molecule has 20 heavy (non-hydrogen) atoms. The van der Waals surface area contributed by atoms with E-state index < -0.39 is 11.9 Å². The molecule has 0 aliphatic carbocycles. The monoisotopic (exact) mass is 284 g/mol. The molecule has 1 saturated heterocycles. The minimum absolute atomic E-state index is 0.0783. The fraction of sp³-hybridized carbons (Fsp3) is 0.538. The molecule has 1 atom stereocenters. The Kier molecular flexibility index (Phi) is 3.16. The second-order valence-electron chi connectivity index (χ2n) is 5.26. The minimum atomic E-state index is -4.44. The summed E-state index contributed by atoms with van der Waals surface area (Å²) >= 11 is 0. The molecule has 3 rings (SSSR count). The lowest BCUT2D eigenvalue weighted by atomic mass is 9.94. The maximum atomic E-state index is 12.9. The highest BCUT2D eigenvalue weighted by Gasteiger charge is 2.35. The molecule has 0 aromatic carbocycles. The topological polar surface area (TPSA) is 33.4 Å². The predicted octanol–water partition coefficient (Wildman–Crippen LogP) is 2.56. The van der Waals surface area contributed by atoms with Gasteiger partial charge in [0.05, 0.1) is 0 Å². The van der Waals surface area contributed by atoms with Crippen molar-refractivity contribution in [2.75, 3.05) is 20.1 Å². The fourth-order valence-electron chi connectivity index (χ4n) is 2.80. The van der Waals surface area contributed by atoms with E-state index in [1.807, 2.05) is 7.05 Å². The molecule has 0 amide bonds. The second kappa shape index (κ2) is 4.73. The molecule has 0 N–H and O–H groups in total. The Labute approximate surface area is 114 Å². The van der Waals surface area contributed by atoms with Crippen LogP contribution in [0.15, 0.2) is 18.5 Å². The third-order valence-electron chi connectivity index (χ3n) is 3.74. The molecule has 3 heterocycles. The van der Waals surface area contributed by atoms with Gasteiger partial charge in [-0.3, -0.25) is 4.40 Å². The smallest absolute Gasteiger partial charge is 0.306 e. The highest BCUT2D eigenvalue weighted by molar-refractivity contribution is 5.35. The molecular formula is C13H15F3N4. The molecule has 1 fully saturated rings. The van der Waals surface area contributed by atoms with Crippen molar-refractivity contribution in [3.05, 3.63) is 29.8 Å². The van der Waals surface area contributed by atoms with Crippen LogP contribution in [0.2, 0.25) is 0 Å². The number of hydrogen-bond acceptors (Lipinski definition) is 3. The van der Waals surface area contributed by atoms with E-state index >= 15 is 0 Å². The first-order valence-corrected chi connectivity index (χ1v) is 6.55. The number of hydrogen-bond donors (Lipinski definition) is 0. The first-order chi connectivity index (χ1) is 9.45. The molecule has 1 aliphatic heterocycles. The molecule has 0 saturated carbocycles. The number of piperidine rings is 1. The van der Waals surface area contributed by atoms with Crippen molar-refractivity contribution in [1.29, 1.82) is 0 Å². The van der Waals surface area contributed by atoms with Crippen LogP contribution < -0.4 is 0 Å². The number of nitrogens with zero attached hydrogens (tertiary/aromatic N) is 4. The van der Waals surface area contributed by atoms with Crippen LogP contribution in [-0.2, 0) is 6.18 Å². The lowest BCUT2D eigenvalue weighted by Crippen LogP contribution is -2.32. The number of halogens is 3. The summed E-state index contributed by atoms with van der Waals surface area (Å²) in [6.45, 7) is 1.75. The van der Waals surface area contributed by atoms with Gasteiger partial charge in [0.25, 0.3) is 0 Å². The van der Waals surface area contributed by atoms with Gasteiger partial charge in [0.2, 0.25) is 5.78 Å². The molecule has 2 aromatic rings. The minimum Gasteiger partial charge on any atom is -0.306 e. The molecule has 7 heteroatoms. The summed E-state index contributed by atoms with van der Waals surface area (Å²) in [6, 6.07) is 1.17. The molecule has 108 valence electrons. The number of imidazole rings is 1. The average Bonchev–Trinajstić information content (AvgIpc) is 2.84. The Morgan fingerprint density at radius 1 is 1.35 bits per heavy atom. The molecule has 1 aliphatic rings. The van der Waals surface area contributed by atoms with Crippen molar-refractivity contribution in [3.63, 3.8) is 0 Å². The fourth-order valence-corrected chi connectivity index (χ4v) is 2.80. The average molecular weight is 284 g/mol. The van der Waals surface area contributed by atoms with E-state index in [0.29, 0.717) is 5.69 Å². The van der Waals surface area contributed by atoms with Crippen LogP contribution in [0.1, 0.15) is 30.1 Å². The first kappa shape index (κ1) is 13.4. The van der Waals surface area contributed by atoms with E-state index in [1.165, 1.54) is 12.3 Å². The van der Waals surface area contributed by atoms with Crippen molar-refractivity contribution >= 4 is 5.78 Å². The molecule has 1 unspecified atom stereocenters. The van der Waals surface area contributed by atoms with Gasteiger partial charge in [0, 0.05) is 30.6 Å². The van der Waals surface area contributed by atoms with E-state index in [-0.39, 0.29) is 11.7 Å². The number of fused-ring (bicyclic) bond motifs is 1. The van der Waals surface area contributed by atoms with Crippen molar-refractivity contribution in [2.24, 2.45) is 0 Å². The quantitative estimate of drug-likeness (QED) is 0.807. The lowest BCUT2D eigenvalue weighted by Gasteiger charge is -2.30. The SMILES string of the molecule is CN1CCCC(c2cc(C(F)(F)F)nc3nccn23)C1. The van der Waals surface area contributed by atoms with Crippen LogP contribution in [0.3, 0.4) is 0 Å². The third-order valence-corrected chi connectivity index (χ3v) is 3.74. The van der Waals surface area contributed by atoms with Gasteiger partial charge in [-0.25, -0.2) is 9.97 Å².